The van der Waals surface area contributed by atoms with E-state index in [1.54, 1.807) is 30.1 Å². The minimum Gasteiger partial charge on any atom is -0.456 e. The SMILES string of the molecule is CC1CCc2ccccc2N1C(=O)COC(=O)CCc1nc2ccccc2c(=O)n1C. The molecule has 0 fully saturated rings. The average Bonchev–Trinajstić information content (AvgIpc) is 2.78. The number of hydrogen-bond donors (Lipinski definition) is 0. The third kappa shape index (κ3) is 4.21. The summed E-state index contributed by atoms with van der Waals surface area (Å²) in [4.78, 5) is 43.8. The summed E-state index contributed by atoms with van der Waals surface area (Å²) in [6.45, 7) is 1.70. The van der Waals surface area contributed by atoms with Crippen molar-refractivity contribution in [3.63, 3.8) is 0 Å². The molecule has 7 heteroatoms. The van der Waals surface area contributed by atoms with Gasteiger partial charge in [0.1, 0.15) is 5.82 Å². The first-order chi connectivity index (χ1) is 15.0. The fourth-order valence-electron chi connectivity index (χ4n) is 4.05. The van der Waals surface area contributed by atoms with E-state index in [1.165, 1.54) is 4.57 Å². The molecule has 0 radical (unpaired) electrons. The van der Waals surface area contributed by atoms with Crippen molar-refractivity contribution in [1.29, 1.82) is 0 Å². The number of fused-ring (bicyclic) bond motifs is 2. The number of benzene rings is 2. The van der Waals surface area contributed by atoms with Crippen molar-refractivity contribution in [3.05, 3.63) is 70.3 Å². The van der Waals surface area contributed by atoms with Gasteiger partial charge in [-0.3, -0.25) is 19.0 Å². The van der Waals surface area contributed by atoms with E-state index in [2.05, 4.69) is 4.98 Å². The van der Waals surface area contributed by atoms with Crippen LogP contribution in [0, 0.1) is 0 Å². The van der Waals surface area contributed by atoms with Gasteiger partial charge in [-0.05, 0) is 43.5 Å². The molecule has 1 unspecified atom stereocenters. The molecule has 0 saturated heterocycles. The average molecular weight is 419 g/mol. The van der Waals surface area contributed by atoms with Gasteiger partial charge in [-0.2, -0.15) is 0 Å². The van der Waals surface area contributed by atoms with Crippen molar-refractivity contribution in [3.8, 4) is 0 Å². The monoisotopic (exact) mass is 419 g/mol. The van der Waals surface area contributed by atoms with Crippen LogP contribution < -0.4 is 10.5 Å². The highest BCUT2D eigenvalue weighted by Crippen LogP contribution is 2.30. The maximum atomic E-state index is 12.8. The van der Waals surface area contributed by atoms with Crippen LogP contribution in [-0.4, -0.2) is 34.1 Å². The molecule has 7 nitrogen and oxygen atoms in total. The summed E-state index contributed by atoms with van der Waals surface area (Å²) in [6, 6.07) is 15.0. The van der Waals surface area contributed by atoms with Crippen molar-refractivity contribution in [2.45, 2.75) is 38.6 Å². The van der Waals surface area contributed by atoms with E-state index in [0.717, 1.165) is 24.1 Å². The topological polar surface area (TPSA) is 81.5 Å². The first-order valence-corrected chi connectivity index (χ1v) is 10.5. The van der Waals surface area contributed by atoms with E-state index in [9.17, 15) is 14.4 Å². The van der Waals surface area contributed by atoms with Gasteiger partial charge in [0.15, 0.2) is 6.61 Å². The van der Waals surface area contributed by atoms with Crippen molar-refractivity contribution < 1.29 is 14.3 Å². The number of esters is 1. The van der Waals surface area contributed by atoms with Gasteiger partial charge in [0, 0.05) is 25.2 Å². The molecule has 0 N–H and O–H groups in total. The number of carbonyl (C=O) groups excluding carboxylic acids is 2. The Balaban J connectivity index is 1.38. The van der Waals surface area contributed by atoms with E-state index in [-0.39, 0.29) is 37.0 Å². The molecule has 0 saturated carbocycles. The normalized spacial score (nSPS) is 15.5. The van der Waals surface area contributed by atoms with Gasteiger partial charge in [0.05, 0.1) is 17.3 Å². The zero-order chi connectivity index (χ0) is 22.0. The molecule has 1 aromatic heterocycles. The first-order valence-electron chi connectivity index (χ1n) is 10.5. The number of carbonyl (C=O) groups is 2. The molecule has 1 aliphatic rings. The van der Waals surface area contributed by atoms with Crippen LogP contribution in [0.25, 0.3) is 10.9 Å². The highest BCUT2D eigenvalue weighted by molar-refractivity contribution is 5.96. The molecule has 0 bridgehead atoms. The van der Waals surface area contributed by atoms with Crippen molar-refractivity contribution in [2.75, 3.05) is 11.5 Å². The highest BCUT2D eigenvalue weighted by atomic mass is 16.5. The molecule has 2 aromatic carbocycles. The van der Waals surface area contributed by atoms with Gasteiger partial charge < -0.3 is 9.64 Å². The lowest BCUT2D eigenvalue weighted by Gasteiger charge is -2.35. The predicted molar refractivity (Wildman–Crippen MR) is 118 cm³/mol. The fraction of sp³-hybridized carbons (Fsp3) is 0.333. The van der Waals surface area contributed by atoms with Crippen molar-refractivity contribution in [2.24, 2.45) is 7.05 Å². The molecule has 4 rings (SSSR count). The largest absolute Gasteiger partial charge is 0.456 e. The summed E-state index contributed by atoms with van der Waals surface area (Å²) >= 11 is 0. The number of aryl methyl sites for hydroxylation is 2. The van der Waals surface area contributed by atoms with Crippen LogP contribution in [-0.2, 0) is 34.2 Å². The minimum absolute atomic E-state index is 0.0397. The third-order valence-electron chi connectivity index (χ3n) is 5.78. The summed E-state index contributed by atoms with van der Waals surface area (Å²) in [5, 5.41) is 0.540. The molecule has 1 amide bonds. The Labute approximate surface area is 180 Å². The number of amides is 1. The smallest absolute Gasteiger partial charge is 0.306 e. The van der Waals surface area contributed by atoms with Gasteiger partial charge in [0.2, 0.25) is 0 Å². The van der Waals surface area contributed by atoms with Crippen LogP contribution in [0.3, 0.4) is 0 Å². The Kier molecular flexibility index (Phi) is 5.84. The van der Waals surface area contributed by atoms with Gasteiger partial charge in [-0.1, -0.05) is 30.3 Å². The number of ether oxygens (including phenoxy) is 1. The highest BCUT2D eigenvalue weighted by Gasteiger charge is 2.28. The molecular formula is C24H25N3O4. The third-order valence-corrected chi connectivity index (χ3v) is 5.78. The van der Waals surface area contributed by atoms with Crippen LogP contribution in [0.1, 0.15) is 31.2 Å². The Morgan fingerprint density at radius 1 is 1.13 bits per heavy atom. The van der Waals surface area contributed by atoms with E-state index in [1.807, 2.05) is 37.3 Å². The van der Waals surface area contributed by atoms with E-state index in [0.29, 0.717) is 16.7 Å². The zero-order valence-corrected chi connectivity index (χ0v) is 17.7. The number of anilines is 1. The molecule has 1 aliphatic heterocycles. The lowest BCUT2D eigenvalue weighted by atomic mass is 9.96. The molecule has 2 heterocycles. The molecule has 0 aliphatic carbocycles. The first kappa shape index (κ1) is 20.8. The van der Waals surface area contributed by atoms with E-state index < -0.39 is 5.97 Å². The second-order valence-electron chi connectivity index (χ2n) is 7.85. The Hall–Kier alpha value is -3.48. The lowest BCUT2D eigenvalue weighted by Crippen LogP contribution is -2.44. The Morgan fingerprint density at radius 3 is 2.71 bits per heavy atom. The number of hydrogen-bond acceptors (Lipinski definition) is 5. The van der Waals surface area contributed by atoms with Crippen LogP contribution in [0.5, 0.6) is 0 Å². The standard InChI is InChI=1S/C24H25N3O4/c1-16-11-12-17-7-3-6-10-20(17)27(16)22(28)15-31-23(29)14-13-21-25-19-9-5-4-8-18(19)24(30)26(21)2/h3-10,16H,11-15H2,1-2H3. The van der Waals surface area contributed by atoms with Gasteiger partial charge in [0.25, 0.3) is 11.5 Å². The van der Waals surface area contributed by atoms with Crippen molar-refractivity contribution >= 4 is 28.5 Å². The molecule has 31 heavy (non-hydrogen) atoms. The second-order valence-corrected chi connectivity index (χ2v) is 7.85. The van der Waals surface area contributed by atoms with Gasteiger partial charge in [-0.15, -0.1) is 0 Å². The molecule has 1 atom stereocenters. The zero-order valence-electron chi connectivity index (χ0n) is 17.7. The number of nitrogens with zero attached hydrogens (tertiary/aromatic N) is 3. The van der Waals surface area contributed by atoms with Crippen LogP contribution in [0.2, 0.25) is 0 Å². The summed E-state index contributed by atoms with van der Waals surface area (Å²) in [7, 11) is 1.64. The summed E-state index contributed by atoms with van der Waals surface area (Å²) in [5.41, 5.74) is 2.46. The predicted octanol–water partition coefficient (Wildman–Crippen LogP) is 2.78. The molecule has 160 valence electrons. The fourth-order valence-corrected chi connectivity index (χ4v) is 4.05. The number of rotatable bonds is 5. The second kappa shape index (κ2) is 8.71. The van der Waals surface area contributed by atoms with E-state index in [4.69, 9.17) is 4.74 Å². The van der Waals surface area contributed by atoms with Crippen LogP contribution in [0.15, 0.2) is 53.3 Å². The van der Waals surface area contributed by atoms with Gasteiger partial charge in [-0.25, -0.2) is 4.98 Å². The molecule has 3 aromatic rings. The van der Waals surface area contributed by atoms with E-state index >= 15 is 0 Å². The number of aromatic nitrogens is 2. The Morgan fingerprint density at radius 2 is 1.87 bits per heavy atom. The van der Waals surface area contributed by atoms with Gasteiger partial charge >= 0.3 is 5.97 Å². The quantitative estimate of drug-likeness (QED) is 0.594. The summed E-state index contributed by atoms with van der Waals surface area (Å²) in [5.74, 6) is -0.219. The number of para-hydroxylation sites is 2. The van der Waals surface area contributed by atoms with Crippen molar-refractivity contribution in [1.82, 2.24) is 9.55 Å². The molecule has 0 spiro atoms. The Bertz CT molecular complexity index is 1200. The molecular weight excluding hydrogens is 394 g/mol. The minimum atomic E-state index is -0.492. The summed E-state index contributed by atoms with van der Waals surface area (Å²) in [6.07, 6.45) is 2.10. The van der Waals surface area contributed by atoms with Crippen LogP contribution in [0.4, 0.5) is 5.69 Å². The maximum absolute atomic E-state index is 12.8. The lowest BCUT2D eigenvalue weighted by molar-refractivity contribution is -0.148. The van der Waals surface area contributed by atoms with Crippen LogP contribution >= 0.6 is 0 Å². The maximum Gasteiger partial charge on any atom is 0.306 e. The summed E-state index contributed by atoms with van der Waals surface area (Å²) < 4.78 is 6.71.